The molecule has 0 aliphatic carbocycles. The number of pyridine rings is 1. The quantitative estimate of drug-likeness (QED) is 0.684. The maximum Gasteiger partial charge on any atom is 0.330 e. The summed E-state index contributed by atoms with van der Waals surface area (Å²) in [7, 11) is -2.08. The minimum absolute atomic E-state index is 0.0490. The summed E-state index contributed by atoms with van der Waals surface area (Å²) in [6.45, 7) is 0.540. The van der Waals surface area contributed by atoms with E-state index in [9.17, 15) is 17.6 Å². The summed E-state index contributed by atoms with van der Waals surface area (Å²) >= 11 is 0. The Balaban J connectivity index is 1.71. The molecule has 1 aliphatic rings. The second kappa shape index (κ2) is 6.58. The summed E-state index contributed by atoms with van der Waals surface area (Å²) in [6, 6.07) is 8.06. The fraction of sp³-hybridized carbons (Fsp3) is 0.333. The van der Waals surface area contributed by atoms with Crippen LogP contribution in [0.1, 0.15) is 18.9 Å². The van der Waals surface area contributed by atoms with Crippen molar-refractivity contribution in [1.82, 2.24) is 18.4 Å². The zero-order valence-corrected chi connectivity index (χ0v) is 15.6. The maximum atomic E-state index is 13.1. The molecule has 9 heteroatoms. The lowest BCUT2D eigenvalue weighted by molar-refractivity contribution is 0.265. The average molecular weight is 390 g/mol. The Kier molecular flexibility index (Phi) is 4.35. The minimum Gasteiger partial charge on any atom is -0.293 e. The van der Waals surface area contributed by atoms with Crippen molar-refractivity contribution in [2.75, 3.05) is 13.1 Å². The molecule has 1 fully saturated rings. The maximum absolute atomic E-state index is 13.1. The number of hydrogen-bond donors (Lipinski definition) is 0. The van der Waals surface area contributed by atoms with E-state index in [1.54, 1.807) is 23.9 Å². The van der Waals surface area contributed by atoms with E-state index in [0.29, 0.717) is 30.6 Å². The van der Waals surface area contributed by atoms with E-state index < -0.39 is 15.8 Å². The Morgan fingerprint density at radius 2 is 1.93 bits per heavy atom. The van der Waals surface area contributed by atoms with Crippen LogP contribution in [-0.4, -0.2) is 39.9 Å². The number of hydrogen-bond acceptors (Lipinski definition) is 4. The highest BCUT2D eigenvalue weighted by Gasteiger charge is 2.32. The molecule has 2 aromatic heterocycles. The van der Waals surface area contributed by atoms with Crippen LogP contribution in [0.4, 0.5) is 4.39 Å². The third-order valence-electron chi connectivity index (χ3n) is 5.02. The molecule has 1 aromatic carbocycles. The lowest BCUT2D eigenvalue weighted by atomic mass is 10.1. The zero-order chi connectivity index (χ0) is 19.2. The molecule has 1 aliphatic heterocycles. The van der Waals surface area contributed by atoms with Crippen molar-refractivity contribution in [2.45, 2.75) is 23.8 Å². The van der Waals surface area contributed by atoms with Gasteiger partial charge in [-0.1, -0.05) is 0 Å². The lowest BCUT2D eigenvalue weighted by Crippen LogP contribution is -2.42. The molecular weight excluding hydrogens is 371 g/mol. The van der Waals surface area contributed by atoms with Crippen LogP contribution in [0.3, 0.4) is 0 Å². The van der Waals surface area contributed by atoms with Crippen molar-refractivity contribution < 1.29 is 12.8 Å². The van der Waals surface area contributed by atoms with Crippen molar-refractivity contribution in [3.05, 3.63) is 58.9 Å². The number of piperidine rings is 1. The fourth-order valence-electron chi connectivity index (χ4n) is 3.63. The number of rotatable bonds is 3. The summed E-state index contributed by atoms with van der Waals surface area (Å²) in [4.78, 5) is 17.1. The Morgan fingerprint density at radius 3 is 2.67 bits per heavy atom. The molecule has 3 aromatic rings. The predicted molar refractivity (Wildman–Crippen MR) is 98.4 cm³/mol. The van der Waals surface area contributed by atoms with Gasteiger partial charge in [0, 0.05) is 26.3 Å². The van der Waals surface area contributed by atoms with E-state index in [-0.39, 0.29) is 23.2 Å². The molecular formula is C18H19FN4O3S. The topological polar surface area (TPSA) is 77.2 Å². The summed E-state index contributed by atoms with van der Waals surface area (Å²) in [6.07, 6.45) is 2.93. The summed E-state index contributed by atoms with van der Waals surface area (Å²) in [5.41, 5.74) is 1.05. The normalized spacial score (nSPS) is 18.8. The van der Waals surface area contributed by atoms with E-state index in [4.69, 9.17) is 0 Å². The van der Waals surface area contributed by atoms with E-state index >= 15 is 0 Å². The molecule has 0 spiro atoms. The first kappa shape index (κ1) is 17.9. The number of fused-ring (bicyclic) bond motifs is 1. The molecule has 4 rings (SSSR count). The molecule has 142 valence electrons. The van der Waals surface area contributed by atoms with Gasteiger partial charge in [0.05, 0.1) is 16.5 Å². The minimum atomic E-state index is -3.75. The molecule has 7 nitrogen and oxygen atoms in total. The number of imidazole rings is 1. The van der Waals surface area contributed by atoms with Gasteiger partial charge in [0.15, 0.2) is 5.65 Å². The summed E-state index contributed by atoms with van der Waals surface area (Å²) in [5, 5.41) is 0. The SMILES string of the molecule is Cn1c(=O)n([C@H]2CCCN(S(=O)(=O)c3ccc(F)cc3)C2)c2ncccc21. The van der Waals surface area contributed by atoms with Crippen LogP contribution in [0.25, 0.3) is 11.2 Å². The highest BCUT2D eigenvalue weighted by molar-refractivity contribution is 7.89. The van der Waals surface area contributed by atoms with Gasteiger partial charge in [-0.3, -0.25) is 9.13 Å². The van der Waals surface area contributed by atoms with E-state index in [0.717, 1.165) is 12.1 Å². The van der Waals surface area contributed by atoms with Gasteiger partial charge >= 0.3 is 5.69 Å². The third-order valence-corrected chi connectivity index (χ3v) is 6.90. The van der Waals surface area contributed by atoms with E-state index in [1.165, 1.54) is 21.0 Å². The molecule has 0 bridgehead atoms. The van der Waals surface area contributed by atoms with Crippen molar-refractivity contribution in [2.24, 2.45) is 7.05 Å². The third kappa shape index (κ3) is 2.96. The second-order valence-corrected chi connectivity index (χ2v) is 8.61. The van der Waals surface area contributed by atoms with Gasteiger partial charge < -0.3 is 0 Å². The van der Waals surface area contributed by atoms with Crippen LogP contribution >= 0.6 is 0 Å². The van der Waals surface area contributed by atoms with Gasteiger partial charge in [-0.05, 0) is 49.2 Å². The van der Waals surface area contributed by atoms with Crippen LogP contribution in [0.15, 0.2) is 52.3 Å². The average Bonchev–Trinajstić information content (AvgIpc) is 2.93. The first-order chi connectivity index (χ1) is 12.9. The second-order valence-electron chi connectivity index (χ2n) is 6.67. The Morgan fingerprint density at radius 1 is 1.19 bits per heavy atom. The molecule has 0 radical (unpaired) electrons. The van der Waals surface area contributed by atoms with Crippen molar-refractivity contribution in [3.8, 4) is 0 Å². The highest BCUT2D eigenvalue weighted by atomic mass is 32.2. The molecule has 27 heavy (non-hydrogen) atoms. The predicted octanol–water partition coefficient (Wildman–Crippen LogP) is 1.90. The zero-order valence-electron chi connectivity index (χ0n) is 14.7. The van der Waals surface area contributed by atoms with Crippen LogP contribution in [0.2, 0.25) is 0 Å². The molecule has 0 saturated carbocycles. The number of benzene rings is 1. The van der Waals surface area contributed by atoms with Gasteiger partial charge in [-0.15, -0.1) is 0 Å². The first-order valence-electron chi connectivity index (χ1n) is 8.67. The van der Waals surface area contributed by atoms with Crippen molar-refractivity contribution in [3.63, 3.8) is 0 Å². The Hall–Kier alpha value is -2.52. The Bertz CT molecular complexity index is 1150. The molecule has 0 unspecified atom stereocenters. The van der Waals surface area contributed by atoms with Gasteiger partial charge in [0.1, 0.15) is 5.82 Å². The van der Waals surface area contributed by atoms with E-state index in [1.807, 2.05) is 6.07 Å². The molecule has 1 atom stereocenters. The standard InChI is InChI=1S/C18H19FN4O3S/c1-21-16-5-2-10-20-17(16)23(18(21)24)14-4-3-11-22(12-14)27(25,26)15-8-6-13(19)7-9-15/h2,5-10,14H,3-4,11-12H2,1H3/t14-/m0/s1. The molecule has 3 heterocycles. The van der Waals surface area contributed by atoms with Crippen molar-refractivity contribution in [1.29, 1.82) is 0 Å². The molecule has 1 saturated heterocycles. The van der Waals surface area contributed by atoms with Gasteiger partial charge in [0.2, 0.25) is 10.0 Å². The summed E-state index contributed by atoms with van der Waals surface area (Å²) in [5.74, 6) is -0.487. The first-order valence-corrected chi connectivity index (χ1v) is 10.1. The fourth-order valence-corrected chi connectivity index (χ4v) is 5.14. The lowest BCUT2D eigenvalue weighted by Gasteiger charge is -2.32. The largest absolute Gasteiger partial charge is 0.330 e. The van der Waals surface area contributed by atoms with Crippen molar-refractivity contribution >= 4 is 21.2 Å². The molecule has 0 amide bonds. The number of aryl methyl sites for hydroxylation is 1. The van der Waals surface area contributed by atoms with Crippen LogP contribution in [-0.2, 0) is 17.1 Å². The number of sulfonamides is 1. The smallest absolute Gasteiger partial charge is 0.293 e. The number of halogens is 1. The van der Waals surface area contributed by atoms with Crippen LogP contribution < -0.4 is 5.69 Å². The number of nitrogens with zero attached hydrogens (tertiary/aromatic N) is 4. The Labute approximate surface area is 155 Å². The van der Waals surface area contributed by atoms with E-state index in [2.05, 4.69) is 4.98 Å². The van der Waals surface area contributed by atoms with Gasteiger partial charge in [-0.25, -0.2) is 22.6 Å². The summed E-state index contributed by atoms with van der Waals surface area (Å²) < 4.78 is 43.5. The van der Waals surface area contributed by atoms with Gasteiger partial charge in [0.25, 0.3) is 0 Å². The van der Waals surface area contributed by atoms with Crippen LogP contribution in [0.5, 0.6) is 0 Å². The van der Waals surface area contributed by atoms with Gasteiger partial charge in [-0.2, -0.15) is 4.31 Å². The van der Waals surface area contributed by atoms with Crippen LogP contribution in [0, 0.1) is 5.82 Å². The molecule has 0 N–H and O–H groups in total. The highest BCUT2D eigenvalue weighted by Crippen LogP contribution is 2.27. The number of aromatic nitrogens is 3. The monoisotopic (exact) mass is 390 g/mol.